The summed E-state index contributed by atoms with van der Waals surface area (Å²) in [5.41, 5.74) is 0. The fourth-order valence-electron chi connectivity index (χ4n) is 1.51. The molecule has 0 amide bonds. The van der Waals surface area contributed by atoms with Gasteiger partial charge in [-0.2, -0.15) is 0 Å². The smallest absolute Gasteiger partial charge is 0.0833 e. The number of hydrogen-bond donors (Lipinski definition) is 1. The lowest BCUT2D eigenvalue weighted by molar-refractivity contribution is -0.0605. The zero-order valence-corrected chi connectivity index (χ0v) is 9.82. The van der Waals surface area contributed by atoms with Gasteiger partial charge in [-0.25, -0.2) is 0 Å². The molecule has 0 aromatic heterocycles. The second-order valence-electron chi connectivity index (χ2n) is 3.65. The number of aliphatic hydroxyl groups excluding tert-OH is 1. The van der Waals surface area contributed by atoms with Crippen molar-refractivity contribution < 1.29 is 14.6 Å². The van der Waals surface area contributed by atoms with E-state index in [0.29, 0.717) is 13.2 Å². The molecule has 86 valence electrons. The number of methoxy groups -OCH3 is 1. The second kappa shape index (κ2) is 8.21. The minimum absolute atomic E-state index is 0.0353. The Bertz CT molecular complexity index is 128. The summed E-state index contributed by atoms with van der Waals surface area (Å²) in [6, 6.07) is 0. The summed E-state index contributed by atoms with van der Waals surface area (Å²) in [5.74, 6) is 0.228. The van der Waals surface area contributed by atoms with Crippen LogP contribution < -0.4 is 0 Å². The van der Waals surface area contributed by atoms with E-state index in [0.717, 1.165) is 12.8 Å². The van der Waals surface area contributed by atoms with Crippen molar-refractivity contribution in [2.24, 2.45) is 5.92 Å². The molecule has 14 heavy (non-hydrogen) atoms. The Balaban J connectivity index is 3.91. The van der Waals surface area contributed by atoms with Gasteiger partial charge in [0.2, 0.25) is 0 Å². The van der Waals surface area contributed by atoms with Crippen molar-refractivity contribution in [3.8, 4) is 0 Å². The first-order valence-electron chi connectivity index (χ1n) is 5.45. The standard InChI is InChI=1S/C11H24O3/c1-5-10(14-6-2)11(12)9(3)7-8-13-4/h9-12H,5-8H2,1-4H3. The van der Waals surface area contributed by atoms with Gasteiger partial charge in [0.25, 0.3) is 0 Å². The number of aliphatic hydroxyl groups is 1. The molecule has 3 atom stereocenters. The van der Waals surface area contributed by atoms with E-state index in [1.807, 2.05) is 20.8 Å². The molecule has 0 saturated heterocycles. The van der Waals surface area contributed by atoms with Crippen LogP contribution in [0.4, 0.5) is 0 Å². The van der Waals surface area contributed by atoms with Gasteiger partial charge in [0.15, 0.2) is 0 Å². The van der Waals surface area contributed by atoms with Gasteiger partial charge in [-0.1, -0.05) is 13.8 Å². The van der Waals surface area contributed by atoms with Crippen LogP contribution in [-0.2, 0) is 9.47 Å². The van der Waals surface area contributed by atoms with E-state index in [-0.39, 0.29) is 18.1 Å². The largest absolute Gasteiger partial charge is 0.390 e. The molecule has 3 unspecified atom stereocenters. The van der Waals surface area contributed by atoms with Crippen molar-refractivity contribution in [2.75, 3.05) is 20.3 Å². The average molecular weight is 204 g/mol. The average Bonchev–Trinajstić information content (AvgIpc) is 2.21. The third kappa shape index (κ3) is 4.94. The summed E-state index contributed by atoms with van der Waals surface area (Å²) in [6.07, 6.45) is 1.31. The lowest BCUT2D eigenvalue weighted by Gasteiger charge is -2.26. The maximum Gasteiger partial charge on any atom is 0.0833 e. The molecule has 0 aliphatic rings. The highest BCUT2D eigenvalue weighted by Gasteiger charge is 2.23. The molecule has 0 bridgehead atoms. The van der Waals surface area contributed by atoms with Crippen LogP contribution in [0.3, 0.4) is 0 Å². The van der Waals surface area contributed by atoms with Crippen LogP contribution in [0.2, 0.25) is 0 Å². The molecule has 0 rings (SSSR count). The molecule has 1 N–H and O–H groups in total. The third-order valence-corrected chi connectivity index (χ3v) is 2.52. The van der Waals surface area contributed by atoms with E-state index in [2.05, 4.69) is 0 Å². The number of hydrogen-bond acceptors (Lipinski definition) is 3. The molecule has 3 heteroatoms. The molecule has 0 aromatic rings. The van der Waals surface area contributed by atoms with Crippen molar-refractivity contribution in [2.45, 2.75) is 45.8 Å². The minimum atomic E-state index is -0.380. The topological polar surface area (TPSA) is 38.7 Å². The van der Waals surface area contributed by atoms with Crippen molar-refractivity contribution in [1.82, 2.24) is 0 Å². The van der Waals surface area contributed by atoms with E-state index >= 15 is 0 Å². The molecular formula is C11H24O3. The molecule has 0 aliphatic heterocycles. The lowest BCUT2D eigenvalue weighted by Crippen LogP contribution is -2.34. The van der Waals surface area contributed by atoms with Gasteiger partial charge in [-0.3, -0.25) is 0 Å². The highest BCUT2D eigenvalue weighted by atomic mass is 16.5. The van der Waals surface area contributed by atoms with E-state index in [1.54, 1.807) is 7.11 Å². The Kier molecular flexibility index (Phi) is 8.14. The molecular weight excluding hydrogens is 180 g/mol. The predicted molar refractivity (Wildman–Crippen MR) is 57.4 cm³/mol. The maximum atomic E-state index is 9.95. The fourth-order valence-corrected chi connectivity index (χ4v) is 1.51. The van der Waals surface area contributed by atoms with Crippen LogP contribution in [0.1, 0.15) is 33.6 Å². The summed E-state index contributed by atoms with van der Waals surface area (Å²) in [4.78, 5) is 0. The number of ether oxygens (including phenoxy) is 2. The van der Waals surface area contributed by atoms with Crippen LogP contribution in [0.25, 0.3) is 0 Å². The fraction of sp³-hybridized carbons (Fsp3) is 1.00. The quantitative estimate of drug-likeness (QED) is 0.655. The molecule has 0 radical (unpaired) electrons. The Morgan fingerprint density at radius 3 is 2.36 bits per heavy atom. The first-order valence-corrected chi connectivity index (χ1v) is 5.45. The van der Waals surface area contributed by atoms with Gasteiger partial charge >= 0.3 is 0 Å². The Hall–Kier alpha value is -0.120. The maximum absolute atomic E-state index is 9.95. The molecule has 0 heterocycles. The number of rotatable bonds is 8. The van der Waals surface area contributed by atoms with Crippen LogP contribution in [-0.4, -0.2) is 37.6 Å². The second-order valence-corrected chi connectivity index (χ2v) is 3.65. The van der Waals surface area contributed by atoms with Crippen molar-refractivity contribution >= 4 is 0 Å². The Morgan fingerprint density at radius 2 is 1.93 bits per heavy atom. The van der Waals surface area contributed by atoms with Crippen LogP contribution in [0, 0.1) is 5.92 Å². The van der Waals surface area contributed by atoms with E-state index < -0.39 is 0 Å². The summed E-state index contributed by atoms with van der Waals surface area (Å²) < 4.78 is 10.4. The predicted octanol–water partition coefficient (Wildman–Crippen LogP) is 1.83. The molecule has 0 spiro atoms. The summed E-state index contributed by atoms with van der Waals surface area (Å²) in [7, 11) is 1.68. The minimum Gasteiger partial charge on any atom is -0.390 e. The molecule has 0 aliphatic carbocycles. The van der Waals surface area contributed by atoms with Gasteiger partial charge in [-0.15, -0.1) is 0 Å². The lowest BCUT2D eigenvalue weighted by atomic mass is 9.95. The van der Waals surface area contributed by atoms with Gasteiger partial charge in [0.1, 0.15) is 0 Å². The molecule has 0 aromatic carbocycles. The van der Waals surface area contributed by atoms with Crippen LogP contribution >= 0.6 is 0 Å². The van der Waals surface area contributed by atoms with E-state index in [4.69, 9.17) is 9.47 Å². The zero-order chi connectivity index (χ0) is 11.0. The summed E-state index contributed by atoms with van der Waals surface area (Å²) >= 11 is 0. The Labute approximate surface area is 87.4 Å². The van der Waals surface area contributed by atoms with E-state index in [9.17, 15) is 5.11 Å². The van der Waals surface area contributed by atoms with Crippen molar-refractivity contribution in [3.63, 3.8) is 0 Å². The Morgan fingerprint density at radius 1 is 1.29 bits per heavy atom. The van der Waals surface area contributed by atoms with Gasteiger partial charge in [0, 0.05) is 20.3 Å². The third-order valence-electron chi connectivity index (χ3n) is 2.52. The monoisotopic (exact) mass is 204 g/mol. The first kappa shape index (κ1) is 13.9. The van der Waals surface area contributed by atoms with Gasteiger partial charge in [-0.05, 0) is 25.7 Å². The van der Waals surface area contributed by atoms with Gasteiger partial charge in [0.05, 0.1) is 12.2 Å². The van der Waals surface area contributed by atoms with Gasteiger partial charge < -0.3 is 14.6 Å². The highest BCUT2D eigenvalue weighted by molar-refractivity contribution is 4.73. The molecule has 0 saturated carbocycles. The van der Waals surface area contributed by atoms with Crippen molar-refractivity contribution in [3.05, 3.63) is 0 Å². The normalized spacial score (nSPS) is 17.8. The van der Waals surface area contributed by atoms with Crippen LogP contribution in [0.5, 0.6) is 0 Å². The highest BCUT2D eigenvalue weighted by Crippen LogP contribution is 2.16. The van der Waals surface area contributed by atoms with Crippen molar-refractivity contribution in [1.29, 1.82) is 0 Å². The zero-order valence-electron chi connectivity index (χ0n) is 9.82. The molecule has 0 fully saturated rings. The summed E-state index contributed by atoms with van der Waals surface area (Å²) in [6.45, 7) is 7.38. The first-order chi connectivity index (χ1) is 6.67. The summed E-state index contributed by atoms with van der Waals surface area (Å²) in [5, 5.41) is 9.95. The van der Waals surface area contributed by atoms with Crippen LogP contribution in [0.15, 0.2) is 0 Å². The molecule has 3 nitrogen and oxygen atoms in total. The van der Waals surface area contributed by atoms with E-state index in [1.165, 1.54) is 0 Å². The SMILES string of the molecule is CCOC(CC)C(O)C(C)CCOC.